The zero-order valence-electron chi connectivity index (χ0n) is 11.5. The number of nitrogens with zero attached hydrogens (tertiary/aromatic N) is 1. The first kappa shape index (κ1) is 13.0. The van der Waals surface area contributed by atoms with E-state index in [1.807, 2.05) is 31.2 Å². The lowest BCUT2D eigenvalue weighted by Crippen LogP contribution is -1.96. The summed E-state index contributed by atoms with van der Waals surface area (Å²) >= 11 is 4.49. The molecule has 0 saturated carbocycles. The summed E-state index contributed by atoms with van der Waals surface area (Å²) in [6.45, 7) is 4.11. The second kappa shape index (κ2) is 5.17. The standard InChI is InChI=1S/C17H16N2S/c1-11-6-5-7-13-15(10-12(2)18-17(11)13)19-14-8-3-4-9-16(14)20/h3-10,20H,1-2H3,(H,18,19). The molecule has 1 N–H and O–H groups in total. The molecule has 0 saturated heterocycles. The summed E-state index contributed by atoms with van der Waals surface area (Å²) in [6, 6.07) is 16.3. The molecule has 0 fully saturated rings. The Balaban J connectivity index is 2.17. The van der Waals surface area contributed by atoms with Crippen LogP contribution >= 0.6 is 12.6 Å². The van der Waals surface area contributed by atoms with Crippen molar-refractivity contribution < 1.29 is 0 Å². The molecule has 100 valence electrons. The van der Waals surface area contributed by atoms with Crippen LogP contribution in [0.15, 0.2) is 53.4 Å². The van der Waals surface area contributed by atoms with Gasteiger partial charge >= 0.3 is 0 Å². The Hall–Kier alpha value is -2.00. The highest BCUT2D eigenvalue weighted by atomic mass is 32.1. The van der Waals surface area contributed by atoms with E-state index < -0.39 is 0 Å². The minimum absolute atomic E-state index is 0.933. The molecule has 1 aromatic heterocycles. The number of hydrogen-bond acceptors (Lipinski definition) is 3. The van der Waals surface area contributed by atoms with Crippen molar-refractivity contribution in [2.45, 2.75) is 18.7 Å². The molecule has 0 amide bonds. The van der Waals surface area contributed by atoms with Gasteiger partial charge < -0.3 is 5.32 Å². The number of fused-ring (bicyclic) bond motifs is 1. The van der Waals surface area contributed by atoms with Crippen LogP contribution in [0.25, 0.3) is 10.9 Å². The fourth-order valence-corrected chi connectivity index (χ4v) is 2.56. The fraction of sp³-hybridized carbons (Fsp3) is 0.118. The smallest absolute Gasteiger partial charge is 0.0755 e. The summed E-state index contributed by atoms with van der Waals surface area (Å²) < 4.78 is 0. The predicted octanol–water partition coefficient (Wildman–Crippen LogP) is 4.88. The minimum atomic E-state index is 0.933. The summed E-state index contributed by atoms with van der Waals surface area (Å²) in [6.07, 6.45) is 0. The molecule has 1 heterocycles. The molecule has 3 heteroatoms. The number of nitrogens with one attached hydrogen (secondary N) is 1. The van der Waals surface area contributed by atoms with Crippen molar-refractivity contribution in [3.05, 3.63) is 59.8 Å². The SMILES string of the molecule is Cc1cc(Nc2ccccc2S)c2cccc(C)c2n1. The van der Waals surface area contributed by atoms with Crippen molar-refractivity contribution in [2.24, 2.45) is 0 Å². The number of pyridine rings is 1. The normalized spacial score (nSPS) is 10.8. The maximum atomic E-state index is 4.64. The van der Waals surface area contributed by atoms with E-state index in [1.165, 1.54) is 5.56 Å². The Morgan fingerprint density at radius 1 is 0.950 bits per heavy atom. The third-order valence-corrected chi connectivity index (χ3v) is 3.73. The molecular weight excluding hydrogens is 264 g/mol. The summed E-state index contributed by atoms with van der Waals surface area (Å²) in [5.41, 5.74) is 5.31. The molecule has 0 atom stereocenters. The lowest BCUT2D eigenvalue weighted by atomic mass is 10.1. The van der Waals surface area contributed by atoms with Gasteiger partial charge in [-0.05, 0) is 37.6 Å². The molecule has 0 spiro atoms. The number of anilines is 2. The van der Waals surface area contributed by atoms with Gasteiger partial charge in [0.2, 0.25) is 0 Å². The van der Waals surface area contributed by atoms with E-state index in [9.17, 15) is 0 Å². The van der Waals surface area contributed by atoms with Crippen LogP contribution < -0.4 is 5.32 Å². The van der Waals surface area contributed by atoms with Crippen LogP contribution in [0.5, 0.6) is 0 Å². The average molecular weight is 280 g/mol. The van der Waals surface area contributed by atoms with Crippen molar-refractivity contribution >= 4 is 34.9 Å². The van der Waals surface area contributed by atoms with Gasteiger partial charge in [0.05, 0.1) is 11.2 Å². The van der Waals surface area contributed by atoms with Crippen LogP contribution in [-0.4, -0.2) is 4.98 Å². The van der Waals surface area contributed by atoms with Crippen LogP contribution in [0.1, 0.15) is 11.3 Å². The van der Waals surface area contributed by atoms with Crippen LogP contribution in [0.4, 0.5) is 11.4 Å². The topological polar surface area (TPSA) is 24.9 Å². The number of para-hydroxylation sites is 2. The van der Waals surface area contributed by atoms with E-state index >= 15 is 0 Å². The lowest BCUT2D eigenvalue weighted by molar-refractivity contribution is 1.24. The van der Waals surface area contributed by atoms with Gasteiger partial charge in [0.15, 0.2) is 0 Å². The number of thiol groups is 1. The summed E-state index contributed by atoms with van der Waals surface area (Å²) in [5, 5.41) is 4.60. The lowest BCUT2D eigenvalue weighted by Gasteiger charge is -2.13. The maximum absolute atomic E-state index is 4.64. The number of hydrogen-bond donors (Lipinski definition) is 2. The Kier molecular flexibility index (Phi) is 3.36. The Morgan fingerprint density at radius 2 is 1.75 bits per heavy atom. The van der Waals surface area contributed by atoms with E-state index in [2.05, 4.69) is 54.1 Å². The summed E-state index contributed by atoms with van der Waals surface area (Å²) in [7, 11) is 0. The highest BCUT2D eigenvalue weighted by Gasteiger charge is 2.07. The third kappa shape index (κ3) is 2.37. The molecule has 3 rings (SSSR count). The first-order valence-electron chi connectivity index (χ1n) is 6.57. The van der Waals surface area contributed by atoms with Crippen molar-refractivity contribution in [3.8, 4) is 0 Å². The van der Waals surface area contributed by atoms with Gasteiger partial charge in [0.25, 0.3) is 0 Å². The van der Waals surface area contributed by atoms with E-state index in [-0.39, 0.29) is 0 Å². The zero-order valence-corrected chi connectivity index (χ0v) is 12.4. The minimum Gasteiger partial charge on any atom is -0.354 e. The van der Waals surface area contributed by atoms with Crippen LogP contribution in [0.2, 0.25) is 0 Å². The molecule has 0 aliphatic heterocycles. The van der Waals surface area contributed by atoms with Crippen molar-refractivity contribution in [2.75, 3.05) is 5.32 Å². The second-order valence-electron chi connectivity index (χ2n) is 4.92. The van der Waals surface area contributed by atoms with Crippen LogP contribution in [0.3, 0.4) is 0 Å². The molecule has 20 heavy (non-hydrogen) atoms. The van der Waals surface area contributed by atoms with E-state index in [4.69, 9.17) is 0 Å². The highest BCUT2D eigenvalue weighted by Crippen LogP contribution is 2.30. The molecule has 0 radical (unpaired) electrons. The molecule has 0 bridgehead atoms. The van der Waals surface area contributed by atoms with Gasteiger partial charge in [-0.15, -0.1) is 12.6 Å². The number of aromatic nitrogens is 1. The van der Waals surface area contributed by atoms with Gasteiger partial charge in [-0.1, -0.05) is 30.3 Å². The Labute approximate surface area is 124 Å². The molecule has 0 unspecified atom stereocenters. The van der Waals surface area contributed by atoms with Gasteiger partial charge in [0.1, 0.15) is 0 Å². The van der Waals surface area contributed by atoms with Crippen molar-refractivity contribution in [1.82, 2.24) is 4.98 Å². The molecule has 3 aromatic rings. The predicted molar refractivity (Wildman–Crippen MR) is 88.2 cm³/mol. The van der Waals surface area contributed by atoms with Crippen molar-refractivity contribution in [1.29, 1.82) is 0 Å². The van der Waals surface area contributed by atoms with Crippen LogP contribution in [-0.2, 0) is 0 Å². The van der Waals surface area contributed by atoms with Gasteiger partial charge in [-0.25, -0.2) is 0 Å². The largest absolute Gasteiger partial charge is 0.354 e. The number of aryl methyl sites for hydroxylation is 2. The Bertz CT molecular complexity index is 781. The fourth-order valence-electron chi connectivity index (χ4n) is 2.35. The number of benzene rings is 2. The van der Waals surface area contributed by atoms with Crippen LogP contribution in [0, 0.1) is 13.8 Å². The molecule has 0 aliphatic carbocycles. The van der Waals surface area contributed by atoms with Gasteiger partial charge in [0, 0.05) is 21.7 Å². The van der Waals surface area contributed by atoms with E-state index in [1.54, 1.807) is 0 Å². The van der Waals surface area contributed by atoms with E-state index in [0.717, 1.165) is 32.9 Å². The first-order chi connectivity index (χ1) is 9.65. The average Bonchev–Trinajstić information content (AvgIpc) is 2.42. The quantitative estimate of drug-likeness (QED) is 0.654. The van der Waals surface area contributed by atoms with Gasteiger partial charge in [-0.3, -0.25) is 4.98 Å². The monoisotopic (exact) mass is 280 g/mol. The van der Waals surface area contributed by atoms with E-state index in [0.29, 0.717) is 0 Å². The maximum Gasteiger partial charge on any atom is 0.0755 e. The van der Waals surface area contributed by atoms with Gasteiger partial charge in [-0.2, -0.15) is 0 Å². The molecule has 2 aromatic carbocycles. The third-order valence-electron chi connectivity index (χ3n) is 3.34. The zero-order chi connectivity index (χ0) is 14.1. The van der Waals surface area contributed by atoms with Crippen molar-refractivity contribution in [3.63, 3.8) is 0 Å². The first-order valence-corrected chi connectivity index (χ1v) is 7.02. The Morgan fingerprint density at radius 3 is 2.55 bits per heavy atom. The molecule has 0 aliphatic rings. The second-order valence-corrected chi connectivity index (χ2v) is 5.41. The summed E-state index contributed by atoms with van der Waals surface area (Å²) in [5.74, 6) is 0. The highest BCUT2D eigenvalue weighted by molar-refractivity contribution is 7.80. The molecule has 2 nitrogen and oxygen atoms in total. The number of rotatable bonds is 2. The summed E-state index contributed by atoms with van der Waals surface area (Å²) in [4.78, 5) is 5.57. The molecular formula is C17H16N2S.